The standard InChI is InChI=1S/C20H20Cl4N6O/c21-11-7-15-17(9-13(11)23)29(19(25)27-15)3-1-5-31-6-2-4-30-18-10-14(24)12(22)8-16(18)28-20(30)26/h7-10H,1-6H2,(H2,25,27)(H2,26,28). The van der Waals surface area contributed by atoms with Gasteiger partial charge in [-0.25, -0.2) is 9.97 Å². The van der Waals surface area contributed by atoms with Gasteiger partial charge in [0.05, 0.1) is 42.2 Å². The van der Waals surface area contributed by atoms with E-state index in [2.05, 4.69) is 9.97 Å². The maximum Gasteiger partial charge on any atom is 0.201 e. The maximum absolute atomic E-state index is 6.13. The fourth-order valence-corrected chi connectivity index (χ4v) is 4.13. The van der Waals surface area contributed by atoms with Crippen LogP contribution in [0.25, 0.3) is 22.1 Å². The maximum atomic E-state index is 6.13. The van der Waals surface area contributed by atoms with Gasteiger partial charge in [-0.15, -0.1) is 0 Å². The molecule has 0 amide bonds. The fraction of sp³-hybridized carbons (Fsp3) is 0.300. The smallest absolute Gasteiger partial charge is 0.201 e. The van der Waals surface area contributed by atoms with Gasteiger partial charge in [0, 0.05) is 26.3 Å². The zero-order valence-corrected chi connectivity index (χ0v) is 19.4. The zero-order chi connectivity index (χ0) is 22.1. The van der Waals surface area contributed by atoms with Crippen LogP contribution in [-0.2, 0) is 17.8 Å². The van der Waals surface area contributed by atoms with E-state index < -0.39 is 0 Å². The van der Waals surface area contributed by atoms with E-state index >= 15 is 0 Å². The highest BCUT2D eigenvalue weighted by molar-refractivity contribution is 6.43. The van der Waals surface area contributed by atoms with Gasteiger partial charge in [-0.3, -0.25) is 0 Å². The highest BCUT2D eigenvalue weighted by Crippen LogP contribution is 2.30. The van der Waals surface area contributed by atoms with Crippen LogP contribution in [0.4, 0.5) is 11.9 Å². The number of rotatable bonds is 8. The zero-order valence-electron chi connectivity index (χ0n) is 16.4. The number of aryl methyl sites for hydroxylation is 2. The van der Waals surface area contributed by atoms with E-state index in [-0.39, 0.29) is 0 Å². The predicted octanol–water partition coefficient (Wildman–Crippen LogP) is 5.66. The first-order valence-corrected chi connectivity index (χ1v) is 11.2. The molecule has 2 aromatic carbocycles. The molecule has 31 heavy (non-hydrogen) atoms. The van der Waals surface area contributed by atoms with Crippen molar-refractivity contribution in [1.82, 2.24) is 19.1 Å². The molecule has 0 saturated heterocycles. The number of halogens is 4. The minimum absolute atomic E-state index is 0.426. The van der Waals surface area contributed by atoms with E-state index in [1.165, 1.54) is 0 Å². The summed E-state index contributed by atoms with van der Waals surface area (Å²) in [7, 11) is 0. The summed E-state index contributed by atoms with van der Waals surface area (Å²) in [5.74, 6) is 0.851. The topological polar surface area (TPSA) is 96.9 Å². The van der Waals surface area contributed by atoms with Crippen LogP contribution in [0.2, 0.25) is 20.1 Å². The molecule has 0 unspecified atom stereocenters. The van der Waals surface area contributed by atoms with Crippen LogP contribution in [0.5, 0.6) is 0 Å². The lowest BCUT2D eigenvalue weighted by Gasteiger charge is -2.09. The van der Waals surface area contributed by atoms with Crippen LogP contribution in [0.1, 0.15) is 12.8 Å². The van der Waals surface area contributed by atoms with Crippen molar-refractivity contribution in [2.45, 2.75) is 25.9 Å². The molecule has 0 fully saturated rings. The molecular weight excluding hydrogens is 482 g/mol. The summed E-state index contributed by atoms with van der Waals surface area (Å²) in [6, 6.07) is 7.00. The average Bonchev–Trinajstić information content (AvgIpc) is 3.17. The summed E-state index contributed by atoms with van der Waals surface area (Å²) in [5, 5.41) is 1.86. The SMILES string of the molecule is Nc1nc2cc(Cl)c(Cl)cc2n1CCCOCCCn1c(N)nc2cc(Cl)c(Cl)cc21. The number of fused-ring (bicyclic) bond motifs is 2. The van der Waals surface area contributed by atoms with Crippen LogP contribution in [0.3, 0.4) is 0 Å². The molecule has 7 nitrogen and oxygen atoms in total. The van der Waals surface area contributed by atoms with E-state index in [0.717, 1.165) is 34.9 Å². The molecule has 0 radical (unpaired) electrons. The number of ether oxygens (including phenoxy) is 1. The van der Waals surface area contributed by atoms with E-state index in [9.17, 15) is 0 Å². The van der Waals surface area contributed by atoms with Crippen molar-refractivity contribution in [3.05, 3.63) is 44.4 Å². The Kier molecular flexibility index (Phi) is 6.69. The number of hydrogen-bond acceptors (Lipinski definition) is 5. The first kappa shape index (κ1) is 22.3. The Hall–Kier alpha value is -1.90. The minimum Gasteiger partial charge on any atom is -0.381 e. The summed E-state index contributed by atoms with van der Waals surface area (Å²) in [5.41, 5.74) is 15.2. The van der Waals surface area contributed by atoms with Crippen molar-refractivity contribution in [1.29, 1.82) is 0 Å². The third kappa shape index (κ3) is 4.66. The second-order valence-electron chi connectivity index (χ2n) is 7.07. The normalized spacial score (nSPS) is 11.7. The van der Waals surface area contributed by atoms with Crippen molar-refractivity contribution < 1.29 is 4.74 Å². The Morgan fingerprint density at radius 1 is 0.677 bits per heavy atom. The number of anilines is 2. The van der Waals surface area contributed by atoms with Gasteiger partial charge in [0.2, 0.25) is 11.9 Å². The molecule has 4 N–H and O–H groups in total. The number of nitrogen functional groups attached to an aromatic ring is 2. The van der Waals surface area contributed by atoms with Crippen molar-refractivity contribution in [3.63, 3.8) is 0 Å². The quantitative estimate of drug-likeness (QED) is 0.303. The number of imidazole rings is 2. The van der Waals surface area contributed by atoms with E-state index in [4.69, 9.17) is 62.6 Å². The van der Waals surface area contributed by atoms with Gasteiger partial charge in [-0.1, -0.05) is 46.4 Å². The summed E-state index contributed by atoms with van der Waals surface area (Å²) >= 11 is 24.4. The first-order valence-electron chi connectivity index (χ1n) is 9.64. The van der Waals surface area contributed by atoms with E-state index in [1.54, 1.807) is 24.3 Å². The molecule has 0 atom stereocenters. The molecular formula is C20H20Cl4N6O. The largest absolute Gasteiger partial charge is 0.381 e. The lowest BCUT2D eigenvalue weighted by atomic mass is 10.3. The lowest BCUT2D eigenvalue weighted by molar-refractivity contribution is 0.124. The van der Waals surface area contributed by atoms with Gasteiger partial charge in [-0.05, 0) is 37.1 Å². The number of nitrogens with two attached hydrogens (primary N) is 2. The molecule has 4 aromatic rings. The summed E-state index contributed by atoms with van der Waals surface area (Å²) in [4.78, 5) is 8.67. The molecule has 0 aliphatic carbocycles. The second kappa shape index (κ2) is 9.30. The minimum atomic E-state index is 0.426. The highest BCUT2D eigenvalue weighted by Gasteiger charge is 2.12. The fourth-order valence-electron chi connectivity index (χ4n) is 3.50. The number of benzene rings is 2. The lowest BCUT2D eigenvalue weighted by Crippen LogP contribution is -2.09. The van der Waals surface area contributed by atoms with Crippen molar-refractivity contribution in [2.75, 3.05) is 24.7 Å². The molecule has 0 saturated carbocycles. The molecule has 0 bridgehead atoms. The van der Waals surface area contributed by atoms with Gasteiger partial charge >= 0.3 is 0 Å². The highest BCUT2D eigenvalue weighted by atomic mass is 35.5. The van der Waals surface area contributed by atoms with E-state index in [0.29, 0.717) is 58.3 Å². The van der Waals surface area contributed by atoms with Gasteiger partial charge < -0.3 is 25.3 Å². The van der Waals surface area contributed by atoms with Crippen molar-refractivity contribution >= 4 is 80.4 Å². The van der Waals surface area contributed by atoms with Crippen LogP contribution in [0, 0.1) is 0 Å². The molecule has 2 heterocycles. The molecule has 11 heteroatoms. The van der Waals surface area contributed by atoms with E-state index in [1.807, 2.05) is 9.13 Å². The number of aromatic nitrogens is 4. The van der Waals surface area contributed by atoms with Gasteiger partial charge in [0.1, 0.15) is 0 Å². The van der Waals surface area contributed by atoms with Crippen LogP contribution < -0.4 is 11.5 Å². The third-order valence-electron chi connectivity index (χ3n) is 4.98. The Morgan fingerprint density at radius 2 is 1.06 bits per heavy atom. The molecule has 2 aromatic heterocycles. The summed E-state index contributed by atoms with van der Waals surface area (Å²) in [6.45, 7) is 2.50. The van der Waals surface area contributed by atoms with Gasteiger partial charge in [0.25, 0.3) is 0 Å². The Balaban J connectivity index is 1.27. The summed E-state index contributed by atoms with van der Waals surface area (Å²) < 4.78 is 9.60. The summed E-state index contributed by atoms with van der Waals surface area (Å²) in [6.07, 6.45) is 1.56. The Labute approximate surface area is 198 Å². The van der Waals surface area contributed by atoms with Gasteiger partial charge in [0.15, 0.2) is 0 Å². The first-order chi connectivity index (χ1) is 14.8. The Bertz CT molecular complexity index is 1160. The molecule has 4 rings (SSSR count). The molecule has 0 aliphatic rings. The monoisotopic (exact) mass is 500 g/mol. The van der Waals surface area contributed by atoms with Gasteiger partial charge in [-0.2, -0.15) is 0 Å². The predicted molar refractivity (Wildman–Crippen MR) is 128 cm³/mol. The van der Waals surface area contributed by atoms with Crippen LogP contribution >= 0.6 is 46.4 Å². The van der Waals surface area contributed by atoms with Crippen molar-refractivity contribution in [2.24, 2.45) is 0 Å². The number of hydrogen-bond donors (Lipinski definition) is 2. The second-order valence-corrected chi connectivity index (χ2v) is 8.70. The third-order valence-corrected chi connectivity index (χ3v) is 6.42. The molecule has 0 aliphatic heterocycles. The average molecular weight is 502 g/mol. The van der Waals surface area contributed by atoms with Crippen molar-refractivity contribution in [3.8, 4) is 0 Å². The molecule has 164 valence electrons. The van der Waals surface area contributed by atoms with Crippen LogP contribution in [0.15, 0.2) is 24.3 Å². The molecule has 0 spiro atoms. The number of nitrogens with zero attached hydrogens (tertiary/aromatic N) is 4. The Morgan fingerprint density at radius 3 is 1.48 bits per heavy atom. The van der Waals surface area contributed by atoms with Crippen LogP contribution in [-0.4, -0.2) is 32.3 Å².